The van der Waals surface area contributed by atoms with Gasteiger partial charge in [0.05, 0.1) is 0 Å². The standard InChI is InChI=1S/C10H20N2O/c1-2-4-9(11)7-12-10(13)8-5-3-6-8/h8-9H,2-7,11H2,1H3,(H,12,13). The Balaban J connectivity index is 2.06. The van der Waals surface area contributed by atoms with Crippen LogP contribution >= 0.6 is 0 Å². The summed E-state index contributed by atoms with van der Waals surface area (Å²) in [5, 5.41) is 2.91. The second kappa shape index (κ2) is 5.22. The van der Waals surface area contributed by atoms with Crippen LogP contribution < -0.4 is 11.1 Å². The van der Waals surface area contributed by atoms with Gasteiger partial charge in [-0.1, -0.05) is 19.8 Å². The maximum absolute atomic E-state index is 11.4. The third-order valence-corrected chi connectivity index (χ3v) is 2.67. The molecule has 0 aliphatic heterocycles. The van der Waals surface area contributed by atoms with Gasteiger partial charge in [-0.3, -0.25) is 4.79 Å². The Morgan fingerprint density at radius 2 is 2.31 bits per heavy atom. The molecule has 1 fully saturated rings. The maximum Gasteiger partial charge on any atom is 0.223 e. The van der Waals surface area contributed by atoms with Crippen molar-refractivity contribution in [3.8, 4) is 0 Å². The maximum atomic E-state index is 11.4. The summed E-state index contributed by atoms with van der Waals surface area (Å²) in [4.78, 5) is 11.4. The summed E-state index contributed by atoms with van der Waals surface area (Å²) >= 11 is 0. The molecule has 1 rings (SSSR count). The van der Waals surface area contributed by atoms with Crippen LogP contribution in [0.4, 0.5) is 0 Å². The van der Waals surface area contributed by atoms with Crippen molar-refractivity contribution in [2.75, 3.05) is 6.54 Å². The van der Waals surface area contributed by atoms with Gasteiger partial charge < -0.3 is 11.1 Å². The van der Waals surface area contributed by atoms with E-state index in [1.54, 1.807) is 0 Å². The van der Waals surface area contributed by atoms with Crippen molar-refractivity contribution in [3.05, 3.63) is 0 Å². The van der Waals surface area contributed by atoms with E-state index >= 15 is 0 Å². The zero-order valence-electron chi connectivity index (χ0n) is 8.38. The zero-order chi connectivity index (χ0) is 9.68. The molecule has 1 unspecified atom stereocenters. The van der Waals surface area contributed by atoms with Crippen molar-refractivity contribution in [2.45, 2.75) is 45.1 Å². The van der Waals surface area contributed by atoms with Crippen LogP contribution in [0.3, 0.4) is 0 Å². The zero-order valence-corrected chi connectivity index (χ0v) is 8.38. The molecule has 0 bridgehead atoms. The van der Waals surface area contributed by atoms with Crippen LogP contribution in [0.25, 0.3) is 0 Å². The summed E-state index contributed by atoms with van der Waals surface area (Å²) in [6.45, 7) is 2.75. The number of carbonyl (C=O) groups is 1. The summed E-state index contributed by atoms with van der Waals surface area (Å²) in [5.74, 6) is 0.492. The highest BCUT2D eigenvalue weighted by atomic mass is 16.1. The first-order valence-electron chi connectivity index (χ1n) is 5.27. The van der Waals surface area contributed by atoms with Crippen LogP contribution in [0.15, 0.2) is 0 Å². The van der Waals surface area contributed by atoms with Crippen molar-refractivity contribution in [3.63, 3.8) is 0 Å². The molecule has 0 aromatic rings. The molecular formula is C10H20N2O. The van der Waals surface area contributed by atoms with Crippen LogP contribution in [0, 0.1) is 5.92 Å². The van der Waals surface area contributed by atoms with Gasteiger partial charge in [0.25, 0.3) is 0 Å². The lowest BCUT2D eigenvalue weighted by Gasteiger charge is -2.24. The van der Waals surface area contributed by atoms with Crippen LogP contribution in [0.2, 0.25) is 0 Å². The number of hydrogen-bond acceptors (Lipinski definition) is 2. The van der Waals surface area contributed by atoms with Gasteiger partial charge in [-0.25, -0.2) is 0 Å². The lowest BCUT2D eigenvalue weighted by Crippen LogP contribution is -2.41. The van der Waals surface area contributed by atoms with Crippen molar-refractivity contribution in [2.24, 2.45) is 11.7 Å². The van der Waals surface area contributed by atoms with Crippen LogP contribution in [-0.2, 0) is 4.79 Å². The van der Waals surface area contributed by atoms with Gasteiger partial charge in [0.15, 0.2) is 0 Å². The largest absolute Gasteiger partial charge is 0.354 e. The Hall–Kier alpha value is -0.570. The van der Waals surface area contributed by atoms with Gasteiger partial charge in [-0.05, 0) is 19.3 Å². The molecule has 0 aromatic heterocycles. The normalized spacial score (nSPS) is 19.2. The SMILES string of the molecule is CCCC(N)CNC(=O)C1CCC1. The molecule has 3 nitrogen and oxygen atoms in total. The Morgan fingerprint density at radius 1 is 1.62 bits per heavy atom. The third-order valence-electron chi connectivity index (χ3n) is 2.67. The van der Waals surface area contributed by atoms with Crippen molar-refractivity contribution in [1.82, 2.24) is 5.32 Å². The number of carbonyl (C=O) groups excluding carboxylic acids is 1. The molecule has 3 heteroatoms. The predicted octanol–water partition coefficient (Wildman–Crippen LogP) is 1.03. The van der Waals surface area contributed by atoms with Gasteiger partial charge in [0, 0.05) is 18.5 Å². The monoisotopic (exact) mass is 184 g/mol. The fourth-order valence-electron chi connectivity index (χ4n) is 1.52. The fourth-order valence-corrected chi connectivity index (χ4v) is 1.52. The van der Waals surface area contributed by atoms with E-state index in [0.29, 0.717) is 6.54 Å². The number of rotatable bonds is 5. The van der Waals surface area contributed by atoms with Crippen LogP contribution in [0.1, 0.15) is 39.0 Å². The average Bonchev–Trinajstić information content (AvgIpc) is 1.98. The Kier molecular flexibility index (Phi) is 4.22. The molecule has 0 aromatic carbocycles. The van der Waals surface area contributed by atoms with E-state index in [-0.39, 0.29) is 17.9 Å². The van der Waals surface area contributed by atoms with Crippen LogP contribution in [0.5, 0.6) is 0 Å². The van der Waals surface area contributed by atoms with E-state index in [1.807, 2.05) is 0 Å². The molecule has 0 saturated heterocycles. The van der Waals surface area contributed by atoms with E-state index in [4.69, 9.17) is 5.73 Å². The number of amides is 1. The number of nitrogens with two attached hydrogens (primary N) is 1. The van der Waals surface area contributed by atoms with E-state index in [1.165, 1.54) is 6.42 Å². The highest BCUT2D eigenvalue weighted by Crippen LogP contribution is 2.25. The van der Waals surface area contributed by atoms with Crippen LogP contribution in [-0.4, -0.2) is 18.5 Å². The van der Waals surface area contributed by atoms with E-state index in [0.717, 1.165) is 25.7 Å². The van der Waals surface area contributed by atoms with Crippen molar-refractivity contribution < 1.29 is 4.79 Å². The predicted molar refractivity (Wildman–Crippen MR) is 53.2 cm³/mol. The van der Waals surface area contributed by atoms with Crippen molar-refractivity contribution >= 4 is 5.91 Å². The third kappa shape index (κ3) is 3.35. The van der Waals surface area contributed by atoms with E-state index in [2.05, 4.69) is 12.2 Å². The first-order valence-corrected chi connectivity index (χ1v) is 5.27. The highest BCUT2D eigenvalue weighted by molar-refractivity contribution is 5.79. The first kappa shape index (κ1) is 10.5. The fraction of sp³-hybridized carbons (Fsp3) is 0.900. The highest BCUT2D eigenvalue weighted by Gasteiger charge is 2.24. The smallest absolute Gasteiger partial charge is 0.223 e. The van der Waals surface area contributed by atoms with E-state index in [9.17, 15) is 4.79 Å². The van der Waals surface area contributed by atoms with Gasteiger partial charge >= 0.3 is 0 Å². The summed E-state index contributed by atoms with van der Waals surface area (Å²) in [5.41, 5.74) is 5.78. The molecule has 76 valence electrons. The van der Waals surface area contributed by atoms with E-state index < -0.39 is 0 Å². The number of nitrogens with one attached hydrogen (secondary N) is 1. The summed E-state index contributed by atoms with van der Waals surface area (Å²) in [6.07, 6.45) is 5.41. The average molecular weight is 184 g/mol. The van der Waals surface area contributed by atoms with Gasteiger partial charge in [0.2, 0.25) is 5.91 Å². The molecule has 0 radical (unpaired) electrons. The Bertz CT molecular complexity index is 166. The Labute approximate surface area is 80.1 Å². The molecule has 0 spiro atoms. The molecule has 13 heavy (non-hydrogen) atoms. The lowest BCUT2D eigenvalue weighted by atomic mass is 9.85. The minimum atomic E-state index is 0.133. The van der Waals surface area contributed by atoms with Gasteiger partial charge in [-0.15, -0.1) is 0 Å². The topological polar surface area (TPSA) is 55.1 Å². The minimum absolute atomic E-state index is 0.133. The molecule has 3 N–H and O–H groups in total. The second-order valence-electron chi connectivity index (χ2n) is 3.92. The summed E-state index contributed by atoms with van der Waals surface area (Å²) < 4.78 is 0. The summed E-state index contributed by atoms with van der Waals surface area (Å²) in [7, 11) is 0. The second-order valence-corrected chi connectivity index (χ2v) is 3.92. The summed E-state index contributed by atoms with van der Waals surface area (Å²) in [6, 6.07) is 0.133. The molecule has 1 saturated carbocycles. The lowest BCUT2D eigenvalue weighted by molar-refractivity contribution is -0.127. The molecule has 1 amide bonds. The molecule has 0 heterocycles. The van der Waals surface area contributed by atoms with Gasteiger partial charge in [0.1, 0.15) is 0 Å². The number of hydrogen-bond donors (Lipinski definition) is 2. The molecular weight excluding hydrogens is 164 g/mol. The quantitative estimate of drug-likeness (QED) is 0.670. The van der Waals surface area contributed by atoms with Gasteiger partial charge in [-0.2, -0.15) is 0 Å². The first-order chi connectivity index (χ1) is 6.24. The molecule has 1 aliphatic rings. The Morgan fingerprint density at radius 3 is 2.77 bits per heavy atom. The van der Waals surface area contributed by atoms with Crippen molar-refractivity contribution in [1.29, 1.82) is 0 Å². The minimum Gasteiger partial charge on any atom is -0.354 e. The molecule has 1 atom stereocenters. The molecule has 1 aliphatic carbocycles.